The molecule has 0 atom stereocenters. The Bertz CT molecular complexity index is 2480. The number of sulfone groups is 1. The van der Waals surface area contributed by atoms with Crippen molar-refractivity contribution in [3.63, 3.8) is 0 Å². The van der Waals surface area contributed by atoms with Crippen LogP contribution in [0.4, 0.5) is 0 Å². The van der Waals surface area contributed by atoms with E-state index in [4.69, 9.17) is 4.98 Å². The quantitative estimate of drug-likeness (QED) is 0.208. The van der Waals surface area contributed by atoms with E-state index in [0.717, 1.165) is 27.8 Å². The van der Waals surface area contributed by atoms with Crippen LogP contribution in [0.2, 0.25) is 0 Å². The number of rotatable bonds is 3. The molecule has 8 aromatic rings. The Kier molecular flexibility index (Phi) is 5.25. The molecule has 0 N–H and O–H groups in total. The molecule has 0 spiro atoms. The highest BCUT2D eigenvalue weighted by molar-refractivity contribution is 7.92. The summed E-state index contributed by atoms with van der Waals surface area (Å²) in [5, 5.41) is 4.73. The molecule has 2 heterocycles. The van der Waals surface area contributed by atoms with Crippen molar-refractivity contribution < 1.29 is 8.42 Å². The first-order valence-corrected chi connectivity index (χ1v) is 16.0. The van der Waals surface area contributed by atoms with Crippen LogP contribution in [0.1, 0.15) is 0 Å². The molecule has 0 bridgehead atoms. The molecule has 208 valence electrons. The van der Waals surface area contributed by atoms with Gasteiger partial charge in [-0.3, -0.25) is 4.57 Å². The van der Waals surface area contributed by atoms with Crippen molar-refractivity contribution in [3.8, 4) is 39.3 Å². The Labute approximate surface area is 254 Å². The number of hydrogen-bond donors (Lipinski definition) is 0. The van der Waals surface area contributed by atoms with Crippen molar-refractivity contribution in [2.45, 2.75) is 9.79 Å². The summed E-state index contributed by atoms with van der Waals surface area (Å²) in [5.41, 5.74) is 7.13. The van der Waals surface area contributed by atoms with Crippen molar-refractivity contribution in [1.29, 1.82) is 0 Å². The maximum atomic E-state index is 13.7. The third-order valence-corrected chi connectivity index (χ3v) is 10.5. The Hall–Kier alpha value is -5.52. The van der Waals surface area contributed by atoms with Gasteiger partial charge in [0.05, 0.1) is 26.5 Å². The molecule has 5 heteroatoms. The monoisotopic (exact) mass is 584 g/mol. The highest BCUT2D eigenvalue weighted by atomic mass is 32.2. The lowest BCUT2D eigenvalue weighted by atomic mass is 9.93. The van der Waals surface area contributed by atoms with E-state index in [-0.39, 0.29) is 4.90 Å². The molecule has 0 radical (unpaired) electrons. The topological polar surface area (TPSA) is 52.0 Å². The lowest BCUT2D eigenvalue weighted by molar-refractivity contribution is 0.594. The molecular formula is C39H24N2O2S. The molecule has 1 aromatic heterocycles. The summed E-state index contributed by atoms with van der Waals surface area (Å²) in [5.74, 6) is 0.708. The maximum absolute atomic E-state index is 13.7. The first-order valence-electron chi connectivity index (χ1n) is 14.5. The SMILES string of the molecule is O=S1(=O)c2ccccc2-n2c(-c3cc(-c4ccc5ccccc5c4)cc(-c4ccc5ccccc5c4)c3)nc3cccc1c32. The first-order chi connectivity index (χ1) is 21.5. The highest BCUT2D eigenvalue weighted by Gasteiger charge is 2.33. The zero-order chi connectivity index (χ0) is 29.4. The molecule has 1 aliphatic heterocycles. The second-order valence-electron chi connectivity index (χ2n) is 11.3. The molecule has 0 fully saturated rings. The molecule has 0 amide bonds. The minimum atomic E-state index is -3.68. The molecule has 44 heavy (non-hydrogen) atoms. The van der Waals surface area contributed by atoms with Gasteiger partial charge in [0.2, 0.25) is 9.84 Å². The summed E-state index contributed by atoms with van der Waals surface area (Å²) in [7, 11) is -3.68. The number of para-hydroxylation sites is 2. The minimum Gasteiger partial charge on any atom is -0.290 e. The van der Waals surface area contributed by atoms with Crippen LogP contribution in [0.3, 0.4) is 0 Å². The summed E-state index contributed by atoms with van der Waals surface area (Å²) in [6.45, 7) is 0. The second kappa shape index (κ2) is 9.24. The standard InChI is InChI=1S/C39H24N2O2S/c42-44(43)36-14-6-5-13-35(36)41-38-34(12-7-15-37(38)44)40-39(41)33-23-31(29-18-16-25-8-1-3-10-27(25)20-29)22-32(24-33)30-19-17-26-9-2-4-11-28(26)21-30/h1-24H. The van der Waals surface area contributed by atoms with Crippen LogP contribution >= 0.6 is 0 Å². The third kappa shape index (κ3) is 3.70. The molecule has 7 aromatic carbocycles. The van der Waals surface area contributed by atoms with E-state index in [9.17, 15) is 8.42 Å². The van der Waals surface area contributed by atoms with Gasteiger partial charge in [0.15, 0.2) is 0 Å². The van der Waals surface area contributed by atoms with Gasteiger partial charge >= 0.3 is 0 Å². The van der Waals surface area contributed by atoms with Gasteiger partial charge in [-0.05, 0) is 98.4 Å². The lowest BCUT2D eigenvalue weighted by Crippen LogP contribution is -2.14. The summed E-state index contributed by atoms with van der Waals surface area (Å²) >= 11 is 0. The largest absolute Gasteiger partial charge is 0.290 e. The smallest absolute Gasteiger partial charge is 0.210 e. The van der Waals surface area contributed by atoms with E-state index in [1.54, 1.807) is 24.3 Å². The minimum absolute atomic E-state index is 0.285. The van der Waals surface area contributed by atoms with E-state index < -0.39 is 9.84 Å². The average molecular weight is 585 g/mol. The van der Waals surface area contributed by atoms with Gasteiger partial charge < -0.3 is 0 Å². The summed E-state index contributed by atoms with van der Waals surface area (Å²) < 4.78 is 29.4. The predicted molar refractivity (Wildman–Crippen MR) is 178 cm³/mol. The Morgan fingerprint density at radius 3 is 1.66 bits per heavy atom. The van der Waals surface area contributed by atoms with Crippen LogP contribution in [-0.2, 0) is 9.84 Å². The number of benzene rings is 7. The summed E-state index contributed by atoms with van der Waals surface area (Å²) in [6, 6.07) is 49.0. The molecule has 0 unspecified atom stereocenters. The fourth-order valence-electron chi connectivity index (χ4n) is 6.56. The van der Waals surface area contributed by atoms with Gasteiger partial charge in [0, 0.05) is 5.56 Å². The Morgan fingerprint density at radius 1 is 0.455 bits per heavy atom. The molecule has 0 aliphatic carbocycles. The van der Waals surface area contributed by atoms with E-state index >= 15 is 0 Å². The highest BCUT2D eigenvalue weighted by Crippen LogP contribution is 2.43. The predicted octanol–water partition coefficient (Wildman–Crippen LogP) is 9.48. The normalized spacial score (nSPS) is 13.4. The van der Waals surface area contributed by atoms with Crippen molar-refractivity contribution in [2.75, 3.05) is 0 Å². The van der Waals surface area contributed by atoms with Crippen molar-refractivity contribution in [2.24, 2.45) is 0 Å². The van der Waals surface area contributed by atoms with Crippen LogP contribution in [-0.4, -0.2) is 18.0 Å². The zero-order valence-electron chi connectivity index (χ0n) is 23.5. The van der Waals surface area contributed by atoms with Crippen LogP contribution in [0.25, 0.3) is 71.9 Å². The Balaban J connectivity index is 1.35. The molecule has 0 saturated carbocycles. The number of aromatic nitrogens is 2. The van der Waals surface area contributed by atoms with E-state index in [1.807, 2.05) is 22.8 Å². The summed E-state index contributed by atoms with van der Waals surface area (Å²) in [4.78, 5) is 5.66. The number of hydrogen-bond acceptors (Lipinski definition) is 3. The molecule has 1 aliphatic rings. The van der Waals surface area contributed by atoms with Gasteiger partial charge in [0.1, 0.15) is 5.82 Å². The van der Waals surface area contributed by atoms with Gasteiger partial charge in [-0.25, -0.2) is 13.4 Å². The zero-order valence-corrected chi connectivity index (χ0v) is 24.3. The van der Waals surface area contributed by atoms with Crippen LogP contribution < -0.4 is 0 Å². The summed E-state index contributed by atoms with van der Waals surface area (Å²) in [6.07, 6.45) is 0. The van der Waals surface area contributed by atoms with E-state index in [2.05, 4.69) is 103 Å². The average Bonchev–Trinajstić information content (AvgIpc) is 3.47. The fraction of sp³-hybridized carbons (Fsp3) is 0. The third-order valence-electron chi connectivity index (χ3n) is 8.68. The molecule has 0 saturated heterocycles. The maximum Gasteiger partial charge on any atom is 0.210 e. The van der Waals surface area contributed by atoms with Gasteiger partial charge in [-0.1, -0.05) is 91.0 Å². The van der Waals surface area contributed by atoms with Crippen molar-refractivity contribution in [1.82, 2.24) is 9.55 Å². The van der Waals surface area contributed by atoms with Crippen LogP contribution in [0.5, 0.6) is 0 Å². The lowest BCUT2D eigenvalue weighted by Gasteiger charge is -2.21. The van der Waals surface area contributed by atoms with Crippen molar-refractivity contribution >= 4 is 42.4 Å². The molecular weight excluding hydrogens is 561 g/mol. The second-order valence-corrected chi connectivity index (χ2v) is 13.2. The van der Waals surface area contributed by atoms with Gasteiger partial charge in [0.25, 0.3) is 0 Å². The van der Waals surface area contributed by atoms with Gasteiger partial charge in [-0.2, -0.15) is 0 Å². The van der Waals surface area contributed by atoms with Gasteiger partial charge in [-0.15, -0.1) is 0 Å². The Morgan fingerprint density at radius 2 is 1.00 bits per heavy atom. The number of fused-ring (bicyclic) bond motifs is 4. The first kappa shape index (κ1) is 25.0. The van der Waals surface area contributed by atoms with Crippen molar-refractivity contribution in [3.05, 3.63) is 146 Å². The number of imidazole rings is 1. The number of nitrogens with zero attached hydrogens (tertiary/aromatic N) is 2. The molecule has 9 rings (SSSR count). The van der Waals surface area contributed by atoms with Crippen LogP contribution in [0.15, 0.2) is 155 Å². The van der Waals surface area contributed by atoms with E-state index in [1.165, 1.54) is 21.5 Å². The fourth-order valence-corrected chi connectivity index (χ4v) is 8.19. The molecule has 4 nitrogen and oxygen atoms in total. The van der Waals surface area contributed by atoms with E-state index in [0.29, 0.717) is 27.4 Å². The van der Waals surface area contributed by atoms with Crippen LogP contribution in [0, 0.1) is 0 Å².